The second-order valence-electron chi connectivity index (χ2n) is 11.2. The topological polar surface area (TPSA) is 82.2 Å². The molecule has 0 saturated carbocycles. The third-order valence-corrected chi connectivity index (χ3v) is 8.42. The number of aryl methyl sites for hydroxylation is 1. The van der Waals surface area contributed by atoms with Gasteiger partial charge in [0.1, 0.15) is 17.8 Å². The molecule has 2 saturated heterocycles. The van der Waals surface area contributed by atoms with E-state index in [1.165, 1.54) is 18.4 Å². The van der Waals surface area contributed by atoms with E-state index in [1.807, 2.05) is 53.4 Å². The molecule has 5 rings (SSSR count). The molecule has 2 heterocycles. The van der Waals surface area contributed by atoms with Crippen LogP contribution in [0, 0.1) is 0 Å². The lowest BCUT2D eigenvalue weighted by Gasteiger charge is -2.43. The maximum absolute atomic E-state index is 14.0. The Morgan fingerprint density at radius 3 is 2.36 bits per heavy atom. The summed E-state index contributed by atoms with van der Waals surface area (Å²) >= 11 is 0. The minimum Gasteiger partial charge on any atom is -0.497 e. The molecule has 8 heteroatoms. The van der Waals surface area contributed by atoms with E-state index in [0.717, 1.165) is 18.5 Å². The van der Waals surface area contributed by atoms with E-state index < -0.39 is 5.54 Å². The Kier molecular flexibility index (Phi) is 9.10. The molecule has 0 radical (unpaired) electrons. The van der Waals surface area contributed by atoms with Gasteiger partial charge in [-0.05, 0) is 67.6 Å². The number of rotatable bonds is 10. The van der Waals surface area contributed by atoms with Gasteiger partial charge in [-0.25, -0.2) is 0 Å². The van der Waals surface area contributed by atoms with Crippen molar-refractivity contribution in [2.24, 2.45) is 0 Å². The lowest BCUT2D eigenvalue weighted by atomic mass is 9.85. The van der Waals surface area contributed by atoms with Gasteiger partial charge in [-0.3, -0.25) is 14.4 Å². The molecule has 3 aromatic carbocycles. The first-order valence-electron chi connectivity index (χ1n) is 14.9. The van der Waals surface area contributed by atoms with Gasteiger partial charge >= 0.3 is 0 Å². The quantitative estimate of drug-likeness (QED) is 0.334. The number of nitrogens with zero attached hydrogens (tertiary/aromatic N) is 3. The van der Waals surface area contributed by atoms with E-state index in [-0.39, 0.29) is 24.3 Å². The number of anilines is 2. The van der Waals surface area contributed by atoms with Gasteiger partial charge in [-0.1, -0.05) is 56.2 Å². The van der Waals surface area contributed by atoms with E-state index >= 15 is 0 Å². The largest absolute Gasteiger partial charge is 0.497 e. The lowest BCUT2D eigenvalue weighted by Crippen LogP contribution is -2.57. The van der Waals surface area contributed by atoms with Crippen LogP contribution in [-0.4, -0.2) is 66.5 Å². The monoisotopic (exact) mass is 568 g/mol. The Bertz CT molecular complexity index is 1380. The zero-order valence-corrected chi connectivity index (χ0v) is 24.6. The minimum atomic E-state index is -0.808. The highest BCUT2D eigenvalue weighted by molar-refractivity contribution is 6.00. The fraction of sp³-hybridized carbons (Fsp3) is 0.382. The van der Waals surface area contributed by atoms with Crippen LogP contribution in [-0.2, 0) is 16.0 Å². The van der Waals surface area contributed by atoms with Gasteiger partial charge in [-0.15, -0.1) is 0 Å². The number of likely N-dealkylation sites (tertiary alicyclic amines) is 1. The minimum absolute atomic E-state index is 0.00353. The Hall–Kier alpha value is -4.33. The predicted molar refractivity (Wildman–Crippen MR) is 165 cm³/mol. The summed E-state index contributed by atoms with van der Waals surface area (Å²) in [6.07, 6.45) is 5.57. The first-order chi connectivity index (χ1) is 20.4. The van der Waals surface area contributed by atoms with Crippen molar-refractivity contribution in [1.29, 1.82) is 0 Å². The van der Waals surface area contributed by atoms with E-state index in [0.29, 0.717) is 49.6 Å². The van der Waals surface area contributed by atoms with E-state index in [1.54, 1.807) is 30.2 Å². The first kappa shape index (κ1) is 29.2. The van der Waals surface area contributed by atoms with Crippen LogP contribution in [0.2, 0.25) is 0 Å². The van der Waals surface area contributed by atoms with Crippen molar-refractivity contribution in [2.75, 3.05) is 43.6 Å². The van der Waals surface area contributed by atoms with Gasteiger partial charge in [0.05, 0.1) is 13.8 Å². The molecule has 2 aliphatic rings. The summed E-state index contributed by atoms with van der Waals surface area (Å²) in [5, 5.41) is 2.88. The van der Waals surface area contributed by atoms with Crippen LogP contribution in [0.5, 0.6) is 5.75 Å². The molecular formula is C34H40N4O4. The van der Waals surface area contributed by atoms with Crippen LogP contribution < -0.4 is 15.0 Å². The summed E-state index contributed by atoms with van der Waals surface area (Å²) in [4.78, 5) is 46.0. The van der Waals surface area contributed by atoms with Crippen LogP contribution in [0.15, 0.2) is 78.9 Å². The van der Waals surface area contributed by atoms with Gasteiger partial charge in [0.25, 0.3) is 11.8 Å². The SMILES string of the molecule is CCCCCc1ccc(C(=O)N2CCC3(CC2)C(=O)N(CC(=O)Nc2cccc(OC)c2)CN3c2ccccc2)cc1. The molecule has 3 aromatic rings. The van der Waals surface area contributed by atoms with Gasteiger partial charge in [-0.2, -0.15) is 0 Å². The summed E-state index contributed by atoms with van der Waals surface area (Å²) < 4.78 is 5.25. The van der Waals surface area contributed by atoms with Crippen LogP contribution in [0.25, 0.3) is 0 Å². The third kappa shape index (κ3) is 6.27. The molecule has 0 aromatic heterocycles. The van der Waals surface area contributed by atoms with Crippen molar-refractivity contribution in [1.82, 2.24) is 9.80 Å². The standard InChI is InChI=1S/C34H40N4O4/c1-3-4-6-10-26-15-17-27(18-16-26)32(40)36-21-19-34(20-22-36)33(41)37(25-38(34)29-12-7-5-8-13-29)24-31(39)35-28-11-9-14-30(23-28)42-2/h5,7-9,11-18,23H,3-4,6,10,19-22,24-25H2,1-2H3,(H,35,39). The molecule has 0 bridgehead atoms. The van der Waals surface area contributed by atoms with Crippen molar-refractivity contribution in [3.8, 4) is 5.75 Å². The molecule has 1 spiro atoms. The number of amides is 3. The van der Waals surface area contributed by atoms with Crippen molar-refractivity contribution < 1.29 is 19.1 Å². The molecule has 1 N–H and O–H groups in total. The highest BCUT2D eigenvalue weighted by Crippen LogP contribution is 2.39. The third-order valence-electron chi connectivity index (χ3n) is 8.42. The average Bonchev–Trinajstić information content (AvgIpc) is 3.28. The van der Waals surface area contributed by atoms with Gasteiger partial charge in [0.15, 0.2) is 0 Å². The Labute approximate surface area is 248 Å². The molecule has 8 nitrogen and oxygen atoms in total. The maximum atomic E-state index is 14.0. The number of unbranched alkanes of at least 4 members (excludes halogenated alkanes) is 2. The molecular weight excluding hydrogens is 528 g/mol. The predicted octanol–water partition coefficient (Wildman–Crippen LogP) is 5.35. The zero-order chi connectivity index (χ0) is 29.5. The van der Waals surface area contributed by atoms with Crippen molar-refractivity contribution in [2.45, 2.75) is 51.0 Å². The number of hydrogen-bond acceptors (Lipinski definition) is 5. The van der Waals surface area contributed by atoms with Crippen LogP contribution in [0.4, 0.5) is 11.4 Å². The number of carbonyl (C=O) groups is 3. The molecule has 220 valence electrons. The average molecular weight is 569 g/mol. The van der Waals surface area contributed by atoms with Crippen LogP contribution in [0.1, 0.15) is 54.9 Å². The second-order valence-corrected chi connectivity index (χ2v) is 11.2. The zero-order valence-electron chi connectivity index (χ0n) is 24.6. The smallest absolute Gasteiger partial charge is 0.253 e. The fourth-order valence-corrected chi connectivity index (χ4v) is 6.05. The molecule has 0 aliphatic carbocycles. The molecule has 42 heavy (non-hydrogen) atoms. The summed E-state index contributed by atoms with van der Waals surface area (Å²) in [6, 6.07) is 25.0. The summed E-state index contributed by atoms with van der Waals surface area (Å²) in [7, 11) is 1.57. The highest BCUT2D eigenvalue weighted by Gasteiger charge is 2.54. The molecule has 2 aliphatic heterocycles. The highest BCUT2D eigenvalue weighted by atomic mass is 16.5. The number of nitrogens with one attached hydrogen (secondary N) is 1. The van der Waals surface area contributed by atoms with Gasteiger partial charge in [0.2, 0.25) is 5.91 Å². The number of ether oxygens (including phenoxy) is 1. The Morgan fingerprint density at radius 2 is 1.67 bits per heavy atom. The second kappa shape index (κ2) is 13.1. The Morgan fingerprint density at radius 1 is 0.929 bits per heavy atom. The fourth-order valence-electron chi connectivity index (χ4n) is 6.05. The van der Waals surface area contributed by atoms with E-state index in [9.17, 15) is 14.4 Å². The molecule has 0 unspecified atom stereocenters. The number of methoxy groups -OCH3 is 1. The van der Waals surface area contributed by atoms with E-state index in [4.69, 9.17) is 4.74 Å². The number of hydrogen-bond donors (Lipinski definition) is 1. The first-order valence-corrected chi connectivity index (χ1v) is 14.9. The maximum Gasteiger partial charge on any atom is 0.253 e. The number of benzene rings is 3. The lowest BCUT2D eigenvalue weighted by molar-refractivity contribution is -0.136. The summed E-state index contributed by atoms with van der Waals surface area (Å²) in [5.74, 6) is 0.294. The van der Waals surface area contributed by atoms with Crippen LogP contribution in [0.3, 0.4) is 0 Å². The number of para-hydroxylation sites is 1. The van der Waals surface area contributed by atoms with Crippen molar-refractivity contribution >= 4 is 29.1 Å². The van der Waals surface area contributed by atoms with Gasteiger partial charge in [0, 0.05) is 36.1 Å². The van der Waals surface area contributed by atoms with Crippen LogP contribution >= 0.6 is 0 Å². The number of piperidine rings is 1. The van der Waals surface area contributed by atoms with Gasteiger partial charge < -0.3 is 24.8 Å². The molecule has 0 atom stereocenters. The normalized spacial score (nSPS) is 16.1. The van der Waals surface area contributed by atoms with E-state index in [2.05, 4.69) is 29.3 Å². The van der Waals surface area contributed by atoms with Crippen molar-refractivity contribution in [3.63, 3.8) is 0 Å². The van der Waals surface area contributed by atoms with Crippen molar-refractivity contribution in [3.05, 3.63) is 90.0 Å². The molecule has 3 amide bonds. The number of carbonyl (C=O) groups excluding carboxylic acids is 3. The summed E-state index contributed by atoms with van der Waals surface area (Å²) in [6.45, 7) is 3.38. The Balaban J connectivity index is 1.27. The molecule has 2 fully saturated rings. The summed E-state index contributed by atoms with van der Waals surface area (Å²) in [5.41, 5.74) is 2.67.